The summed E-state index contributed by atoms with van der Waals surface area (Å²) >= 11 is 5.80. The third-order valence-corrected chi connectivity index (χ3v) is 2.73. The highest BCUT2D eigenvalue weighted by atomic mass is 35.5. The van der Waals surface area contributed by atoms with Crippen molar-refractivity contribution in [3.05, 3.63) is 23.5 Å². The molecular weight excluding hydrogens is 196 g/mol. The zero-order valence-corrected chi connectivity index (χ0v) is 9.09. The van der Waals surface area contributed by atoms with E-state index in [0.717, 1.165) is 11.6 Å². The zero-order valence-electron chi connectivity index (χ0n) is 8.33. The smallest absolute Gasteiger partial charge is 0.131 e. The molecule has 0 aromatic carbocycles. The highest BCUT2D eigenvalue weighted by Gasteiger charge is 2.23. The molecule has 0 saturated heterocycles. The number of halogens is 1. The molecule has 2 nitrogen and oxygen atoms in total. The highest BCUT2D eigenvalue weighted by molar-refractivity contribution is 6.29. The standard InChI is InChI=1S/C11H15ClN2/c1-8(6-9-2-3-9)14-10-4-5-13-11(12)7-10/h4-5,7-9H,2-3,6H2,1H3,(H,13,14). The van der Waals surface area contributed by atoms with Gasteiger partial charge in [-0.05, 0) is 31.4 Å². The van der Waals surface area contributed by atoms with Crippen LogP contribution < -0.4 is 5.32 Å². The van der Waals surface area contributed by atoms with Crippen LogP contribution in [0.2, 0.25) is 5.15 Å². The van der Waals surface area contributed by atoms with E-state index in [9.17, 15) is 0 Å². The van der Waals surface area contributed by atoms with Gasteiger partial charge in [-0.15, -0.1) is 0 Å². The Kier molecular flexibility index (Phi) is 2.92. The summed E-state index contributed by atoms with van der Waals surface area (Å²) in [6, 6.07) is 4.35. The van der Waals surface area contributed by atoms with Crippen LogP contribution >= 0.6 is 11.6 Å². The van der Waals surface area contributed by atoms with Crippen LogP contribution in [0.4, 0.5) is 5.69 Å². The van der Waals surface area contributed by atoms with Crippen molar-refractivity contribution in [1.29, 1.82) is 0 Å². The van der Waals surface area contributed by atoms with E-state index in [4.69, 9.17) is 11.6 Å². The highest BCUT2D eigenvalue weighted by Crippen LogP contribution is 2.34. The second-order valence-electron chi connectivity index (χ2n) is 4.09. The maximum Gasteiger partial charge on any atom is 0.131 e. The molecule has 0 amide bonds. The van der Waals surface area contributed by atoms with E-state index in [0.29, 0.717) is 11.2 Å². The number of nitrogens with zero attached hydrogens (tertiary/aromatic N) is 1. The van der Waals surface area contributed by atoms with Crippen LogP contribution in [0.15, 0.2) is 18.3 Å². The Bertz CT molecular complexity index is 310. The Hall–Kier alpha value is -0.760. The van der Waals surface area contributed by atoms with Crippen LogP contribution in [0.5, 0.6) is 0 Å². The fourth-order valence-corrected chi connectivity index (χ4v) is 1.86. The minimum Gasteiger partial charge on any atom is -0.382 e. The third-order valence-electron chi connectivity index (χ3n) is 2.52. The maximum absolute atomic E-state index is 5.80. The van der Waals surface area contributed by atoms with Crippen molar-refractivity contribution in [3.8, 4) is 0 Å². The predicted molar refractivity (Wildman–Crippen MR) is 59.7 cm³/mol. The van der Waals surface area contributed by atoms with E-state index in [-0.39, 0.29) is 0 Å². The summed E-state index contributed by atoms with van der Waals surface area (Å²) in [5.41, 5.74) is 1.07. The summed E-state index contributed by atoms with van der Waals surface area (Å²) in [5.74, 6) is 0.954. The van der Waals surface area contributed by atoms with Gasteiger partial charge in [-0.2, -0.15) is 0 Å². The molecule has 1 aliphatic carbocycles. The first-order chi connectivity index (χ1) is 6.74. The van der Waals surface area contributed by atoms with Crippen LogP contribution in [0.25, 0.3) is 0 Å². The SMILES string of the molecule is CC(CC1CC1)Nc1ccnc(Cl)c1. The van der Waals surface area contributed by atoms with E-state index in [1.165, 1.54) is 19.3 Å². The van der Waals surface area contributed by atoms with Crippen LogP contribution in [0.1, 0.15) is 26.2 Å². The van der Waals surface area contributed by atoms with E-state index < -0.39 is 0 Å². The zero-order chi connectivity index (χ0) is 9.97. The lowest BCUT2D eigenvalue weighted by atomic mass is 10.1. The molecule has 14 heavy (non-hydrogen) atoms. The molecule has 76 valence electrons. The van der Waals surface area contributed by atoms with Crippen molar-refractivity contribution >= 4 is 17.3 Å². The van der Waals surface area contributed by atoms with Gasteiger partial charge in [0.15, 0.2) is 0 Å². The van der Waals surface area contributed by atoms with Gasteiger partial charge in [0, 0.05) is 17.9 Å². The number of rotatable bonds is 4. The fraction of sp³-hybridized carbons (Fsp3) is 0.545. The summed E-state index contributed by atoms with van der Waals surface area (Å²) in [5, 5.41) is 3.98. The van der Waals surface area contributed by atoms with E-state index in [1.807, 2.05) is 12.1 Å². The molecular formula is C11H15ClN2. The first-order valence-corrected chi connectivity index (χ1v) is 5.50. The summed E-state index contributed by atoms with van der Waals surface area (Å²) in [7, 11) is 0. The molecule has 1 aliphatic rings. The van der Waals surface area contributed by atoms with Crippen LogP contribution in [-0.4, -0.2) is 11.0 Å². The van der Waals surface area contributed by atoms with Gasteiger partial charge in [0.2, 0.25) is 0 Å². The second kappa shape index (κ2) is 4.18. The molecule has 1 N–H and O–H groups in total. The van der Waals surface area contributed by atoms with Crippen molar-refractivity contribution in [2.24, 2.45) is 5.92 Å². The van der Waals surface area contributed by atoms with Gasteiger partial charge >= 0.3 is 0 Å². The van der Waals surface area contributed by atoms with Gasteiger partial charge < -0.3 is 5.32 Å². The molecule has 2 rings (SSSR count). The molecule has 0 spiro atoms. The van der Waals surface area contributed by atoms with Crippen LogP contribution in [0.3, 0.4) is 0 Å². The van der Waals surface area contributed by atoms with Crippen molar-refractivity contribution in [2.45, 2.75) is 32.2 Å². The number of anilines is 1. The van der Waals surface area contributed by atoms with Gasteiger partial charge in [-0.1, -0.05) is 24.4 Å². The van der Waals surface area contributed by atoms with E-state index in [2.05, 4.69) is 17.2 Å². The summed E-state index contributed by atoms with van der Waals surface area (Å²) < 4.78 is 0. The van der Waals surface area contributed by atoms with Gasteiger partial charge in [-0.25, -0.2) is 4.98 Å². The molecule has 1 saturated carbocycles. The minimum absolute atomic E-state index is 0.529. The number of aromatic nitrogens is 1. The normalized spacial score (nSPS) is 17.9. The van der Waals surface area contributed by atoms with Crippen LogP contribution in [-0.2, 0) is 0 Å². The van der Waals surface area contributed by atoms with Crippen molar-refractivity contribution in [3.63, 3.8) is 0 Å². The lowest BCUT2D eigenvalue weighted by Gasteiger charge is -2.14. The van der Waals surface area contributed by atoms with Gasteiger partial charge in [0.25, 0.3) is 0 Å². The number of pyridine rings is 1. The molecule has 1 aromatic heterocycles. The quantitative estimate of drug-likeness (QED) is 0.772. The average Bonchev–Trinajstić information content (AvgIpc) is 2.87. The van der Waals surface area contributed by atoms with Gasteiger partial charge in [0.1, 0.15) is 5.15 Å². The molecule has 0 bridgehead atoms. The van der Waals surface area contributed by atoms with Crippen LogP contribution in [0, 0.1) is 5.92 Å². The number of hydrogen-bond donors (Lipinski definition) is 1. The topological polar surface area (TPSA) is 24.9 Å². The lowest BCUT2D eigenvalue weighted by molar-refractivity contribution is 0.642. The molecule has 0 radical (unpaired) electrons. The van der Waals surface area contributed by atoms with E-state index >= 15 is 0 Å². The lowest BCUT2D eigenvalue weighted by Crippen LogP contribution is -2.15. The second-order valence-corrected chi connectivity index (χ2v) is 4.48. The summed E-state index contributed by atoms with van der Waals surface area (Å²) in [6.45, 7) is 2.21. The summed E-state index contributed by atoms with van der Waals surface area (Å²) in [6.07, 6.45) is 5.81. The molecule has 1 unspecified atom stereocenters. The predicted octanol–water partition coefficient (Wildman–Crippen LogP) is 3.34. The molecule has 1 aromatic rings. The first-order valence-electron chi connectivity index (χ1n) is 5.12. The molecule has 1 fully saturated rings. The Balaban J connectivity index is 1.88. The van der Waals surface area contributed by atoms with Crippen molar-refractivity contribution < 1.29 is 0 Å². The Morgan fingerprint density at radius 2 is 2.43 bits per heavy atom. The molecule has 0 aliphatic heterocycles. The minimum atomic E-state index is 0.529. The van der Waals surface area contributed by atoms with Crippen molar-refractivity contribution in [2.75, 3.05) is 5.32 Å². The Labute approximate surface area is 89.7 Å². The van der Waals surface area contributed by atoms with E-state index in [1.54, 1.807) is 6.20 Å². The number of nitrogens with one attached hydrogen (secondary N) is 1. The largest absolute Gasteiger partial charge is 0.382 e. The molecule has 1 atom stereocenters. The summed E-state index contributed by atoms with van der Waals surface area (Å²) in [4.78, 5) is 3.95. The molecule has 1 heterocycles. The first kappa shape index (κ1) is 9.78. The number of hydrogen-bond acceptors (Lipinski definition) is 2. The Morgan fingerprint density at radius 1 is 1.64 bits per heavy atom. The third kappa shape index (κ3) is 2.88. The molecule has 3 heteroatoms. The Morgan fingerprint density at radius 3 is 3.07 bits per heavy atom. The monoisotopic (exact) mass is 210 g/mol. The van der Waals surface area contributed by atoms with Gasteiger partial charge in [0.05, 0.1) is 0 Å². The average molecular weight is 211 g/mol. The van der Waals surface area contributed by atoms with Gasteiger partial charge in [-0.3, -0.25) is 0 Å². The maximum atomic E-state index is 5.80. The fourth-order valence-electron chi connectivity index (χ4n) is 1.69. The van der Waals surface area contributed by atoms with Crippen molar-refractivity contribution in [1.82, 2.24) is 4.98 Å².